The molecule has 4 rings (SSSR count). The molecule has 2 amide bonds. The van der Waals surface area contributed by atoms with Gasteiger partial charge in [-0.25, -0.2) is 4.79 Å². The summed E-state index contributed by atoms with van der Waals surface area (Å²) in [5.74, 6) is -1.91. The van der Waals surface area contributed by atoms with Crippen LogP contribution in [0, 0.1) is 25.1 Å². The normalized spacial score (nSPS) is 13.5. The molecule has 0 aliphatic carbocycles. The number of hydrogen-bond donors (Lipinski definition) is 7. The van der Waals surface area contributed by atoms with Crippen molar-refractivity contribution in [2.45, 2.75) is 64.4 Å². The van der Waals surface area contributed by atoms with Crippen molar-refractivity contribution in [2.24, 2.45) is 5.73 Å². The van der Waals surface area contributed by atoms with E-state index in [1.165, 1.54) is 43.7 Å². The van der Waals surface area contributed by atoms with Gasteiger partial charge >= 0.3 is 5.97 Å². The first kappa shape index (κ1) is 64.3. The third kappa shape index (κ3) is 20.4. The number of carbonyl (C=O) groups is 3. The molecular formula is C43H60N3O9W3-3. The zero-order chi connectivity index (χ0) is 41.9. The van der Waals surface area contributed by atoms with Crippen LogP contribution in [0.3, 0.4) is 0 Å². The Morgan fingerprint density at radius 1 is 0.603 bits per heavy atom. The summed E-state index contributed by atoms with van der Waals surface area (Å²) in [6, 6.07) is 35.7. The van der Waals surface area contributed by atoms with Gasteiger partial charge in [0.2, 0.25) is 5.91 Å². The fourth-order valence-electron chi connectivity index (χ4n) is 4.40. The average molecular weight is 1310 g/mol. The third-order valence-electron chi connectivity index (χ3n) is 7.82. The van der Waals surface area contributed by atoms with E-state index in [1.54, 1.807) is 108 Å². The van der Waals surface area contributed by atoms with Gasteiger partial charge in [0.15, 0.2) is 5.60 Å². The summed E-state index contributed by atoms with van der Waals surface area (Å²) in [7, 11) is 7.99. The summed E-state index contributed by atoms with van der Waals surface area (Å²) in [6.07, 6.45) is 0. The van der Waals surface area contributed by atoms with E-state index in [0.717, 1.165) is 5.56 Å². The number of benzene rings is 4. The first-order chi connectivity index (χ1) is 25.0. The fourth-order valence-corrected chi connectivity index (χ4v) is 4.40. The maximum Gasteiger partial charge on any atom is 0.327 e. The number of aliphatic hydroxyl groups is 5. The van der Waals surface area contributed by atoms with Crippen LogP contribution in [0.5, 0.6) is 0 Å². The van der Waals surface area contributed by atoms with E-state index in [2.05, 4.69) is 23.9 Å². The minimum atomic E-state index is -1.82. The second-order valence-corrected chi connectivity index (χ2v) is 13.1. The van der Waals surface area contributed by atoms with Crippen LogP contribution in [0.15, 0.2) is 97.1 Å². The molecule has 0 saturated heterocycles. The van der Waals surface area contributed by atoms with Crippen molar-refractivity contribution in [1.82, 2.24) is 9.80 Å². The van der Waals surface area contributed by atoms with Crippen LogP contribution in [0.4, 0.5) is 0 Å². The van der Waals surface area contributed by atoms with Gasteiger partial charge < -0.3 is 46.2 Å². The Kier molecular flexibility index (Phi) is 33.4. The number of nitrogens with zero attached hydrogens (tertiary/aromatic N) is 2. The molecule has 0 aliphatic heterocycles. The second kappa shape index (κ2) is 30.2. The van der Waals surface area contributed by atoms with Gasteiger partial charge in [0.05, 0.1) is 12.2 Å². The van der Waals surface area contributed by atoms with Gasteiger partial charge in [-0.1, -0.05) is 37.3 Å². The number of aliphatic hydroxyl groups excluding tert-OH is 1. The molecule has 58 heavy (non-hydrogen) atoms. The summed E-state index contributed by atoms with van der Waals surface area (Å²) in [5, 5.41) is 56.6. The Bertz CT molecular complexity index is 1710. The van der Waals surface area contributed by atoms with Crippen LogP contribution in [-0.4, -0.2) is 100 Å². The number of aryl methyl sites for hydroxylation is 1. The Morgan fingerprint density at radius 2 is 0.931 bits per heavy atom. The number of rotatable bonds is 8. The van der Waals surface area contributed by atoms with Crippen molar-refractivity contribution in [3.8, 4) is 0 Å². The van der Waals surface area contributed by atoms with E-state index in [1.807, 2.05) is 25.1 Å². The van der Waals surface area contributed by atoms with E-state index < -0.39 is 28.4 Å². The summed E-state index contributed by atoms with van der Waals surface area (Å²) >= 11 is 0. The van der Waals surface area contributed by atoms with Gasteiger partial charge in [-0.05, 0) is 47.2 Å². The zero-order valence-corrected chi connectivity index (χ0v) is 42.8. The molecule has 0 spiro atoms. The topological polar surface area (TPSA) is 205 Å². The Labute approximate surface area is 388 Å². The molecule has 322 valence electrons. The molecule has 8 N–H and O–H groups in total. The van der Waals surface area contributed by atoms with E-state index in [4.69, 9.17) is 10.2 Å². The minimum absolute atomic E-state index is 0. The standard InChI is InChI=1S/C12H17NO2.C11H14NO2.C9H9O3.C9H11O2.CH5N.CH4.3W/c1-9-6-5-7-10(8-9)12(2,15)11(14)13(3)4;1-11(14,10(13)12(2)3)9-7-5-4-6-8-9;1-9(12,8(10)11)7-5-3-2-4-6-7;1-9(11,7-10)8-5-3-2-4-6-8;1-2;;;;/h5-8,15H,1-4H3;4-5,7-8,14H,1-3H3;2-3,5-6,12H,1H3,(H,10,11);2-3,5-6,10-11H,7H2,1H3;2H2,1H3;1H4;;;/q;3*-1;;;;;. The molecule has 0 radical (unpaired) electrons. The summed E-state index contributed by atoms with van der Waals surface area (Å²) in [4.78, 5) is 36.7. The average Bonchev–Trinajstić information content (AvgIpc) is 3.16. The molecule has 15 heteroatoms. The molecule has 12 nitrogen and oxygen atoms in total. The number of nitrogens with two attached hydrogens (primary N) is 1. The molecule has 0 saturated carbocycles. The first-order valence-corrected chi connectivity index (χ1v) is 16.7. The molecule has 0 aliphatic rings. The number of likely N-dealkylation sites (N-methyl/N-ethyl adjacent to an activating group) is 2. The van der Waals surface area contributed by atoms with Crippen molar-refractivity contribution < 1.29 is 108 Å². The van der Waals surface area contributed by atoms with Crippen LogP contribution in [0.1, 0.15) is 62.9 Å². The quantitative estimate of drug-likeness (QED) is 0.127. The molecule has 4 unspecified atom stereocenters. The Balaban J connectivity index is -0.000000208. The van der Waals surface area contributed by atoms with E-state index in [9.17, 15) is 34.8 Å². The fraction of sp³-hybridized carbons (Fsp3) is 0.372. The molecule has 0 heterocycles. The number of amides is 2. The van der Waals surface area contributed by atoms with Gasteiger partial charge in [-0.2, -0.15) is 91.0 Å². The molecule has 4 atom stereocenters. The maximum atomic E-state index is 11.8. The molecule has 4 aromatic rings. The van der Waals surface area contributed by atoms with Crippen molar-refractivity contribution in [2.75, 3.05) is 41.8 Å². The van der Waals surface area contributed by atoms with Crippen LogP contribution in [-0.2, 0) is 100.0 Å². The monoisotopic (exact) mass is 1310 g/mol. The van der Waals surface area contributed by atoms with Crippen LogP contribution in [0.25, 0.3) is 0 Å². The van der Waals surface area contributed by atoms with Crippen molar-refractivity contribution in [1.29, 1.82) is 0 Å². The molecular weight excluding hydrogens is 1250 g/mol. The third-order valence-corrected chi connectivity index (χ3v) is 7.82. The minimum Gasteiger partial charge on any atom is -0.480 e. The largest absolute Gasteiger partial charge is 0.480 e. The molecule has 0 aromatic heterocycles. The van der Waals surface area contributed by atoms with Crippen molar-refractivity contribution in [3.05, 3.63) is 143 Å². The van der Waals surface area contributed by atoms with E-state index in [-0.39, 0.29) is 89.0 Å². The maximum absolute atomic E-state index is 11.8. The van der Waals surface area contributed by atoms with Crippen LogP contribution in [0.2, 0.25) is 0 Å². The van der Waals surface area contributed by atoms with Crippen molar-refractivity contribution >= 4 is 17.8 Å². The Hall–Kier alpha value is -2.89. The van der Waals surface area contributed by atoms with Gasteiger partial charge in [0.25, 0.3) is 5.91 Å². The van der Waals surface area contributed by atoms with E-state index >= 15 is 0 Å². The number of carbonyl (C=O) groups excluding carboxylic acids is 2. The molecule has 0 fully saturated rings. The SMILES string of the molecule is C.CC(O)(C(=O)O)c1c[c-]ccc1.CC(O)(CO)c1c[c-]ccc1.CN.CN(C)C(=O)C(C)(O)c1c[c-]ccc1.Cc1cccc(C(C)(O)C(=O)N(C)C)c1.[W].[W].[W]. The predicted octanol–water partition coefficient (Wildman–Crippen LogP) is 3.74. The summed E-state index contributed by atoms with van der Waals surface area (Å²) in [6.45, 7) is 7.46. The zero-order valence-electron chi connectivity index (χ0n) is 34.0. The van der Waals surface area contributed by atoms with Gasteiger partial charge in [-0.3, -0.25) is 9.59 Å². The number of aliphatic carboxylic acids is 1. The number of hydrogen-bond acceptors (Lipinski definition) is 9. The van der Waals surface area contributed by atoms with Crippen molar-refractivity contribution in [3.63, 3.8) is 0 Å². The Morgan fingerprint density at radius 3 is 1.22 bits per heavy atom. The molecule has 0 bridgehead atoms. The van der Waals surface area contributed by atoms with Gasteiger partial charge in [-0.15, -0.1) is 16.7 Å². The van der Waals surface area contributed by atoms with Crippen LogP contribution >= 0.6 is 0 Å². The molecule has 4 aromatic carbocycles. The predicted molar refractivity (Wildman–Crippen MR) is 214 cm³/mol. The second-order valence-electron chi connectivity index (χ2n) is 13.1. The smallest absolute Gasteiger partial charge is 0.327 e. The number of carboxylic acid groups (broad SMARTS) is 1. The summed E-state index contributed by atoms with van der Waals surface area (Å²) < 4.78 is 0. The number of carboxylic acids is 1. The van der Waals surface area contributed by atoms with Crippen LogP contribution < -0.4 is 5.73 Å². The van der Waals surface area contributed by atoms with E-state index in [0.29, 0.717) is 22.3 Å². The summed E-state index contributed by atoms with van der Waals surface area (Å²) in [5.41, 5.74) is 1.84. The first-order valence-electron chi connectivity index (χ1n) is 16.7. The van der Waals surface area contributed by atoms with Gasteiger partial charge in [0, 0.05) is 91.4 Å². The van der Waals surface area contributed by atoms with Gasteiger partial charge in [0.1, 0.15) is 11.2 Å².